The molecule has 0 bridgehead atoms. The van der Waals surface area contributed by atoms with Crippen molar-refractivity contribution in [1.29, 1.82) is 0 Å². The zero-order chi connectivity index (χ0) is 15.4. The minimum absolute atomic E-state index is 0.226. The zero-order valence-corrected chi connectivity index (χ0v) is 12.2. The van der Waals surface area contributed by atoms with Crippen LogP contribution in [0.2, 0.25) is 5.02 Å². The van der Waals surface area contributed by atoms with Crippen LogP contribution in [0.1, 0.15) is 16.1 Å². The highest BCUT2D eigenvalue weighted by Gasteiger charge is 2.17. The van der Waals surface area contributed by atoms with Crippen LogP contribution in [0, 0.1) is 0 Å². The summed E-state index contributed by atoms with van der Waals surface area (Å²) in [6.07, 6.45) is 1.58. The molecule has 0 unspecified atom stereocenters. The third-order valence-electron chi connectivity index (χ3n) is 3.03. The van der Waals surface area contributed by atoms with Gasteiger partial charge in [-0.25, -0.2) is 0 Å². The topological polar surface area (TPSA) is 62.5 Å². The quantitative estimate of drug-likeness (QED) is 0.923. The van der Waals surface area contributed by atoms with Crippen LogP contribution in [0.25, 0.3) is 0 Å². The van der Waals surface area contributed by atoms with Gasteiger partial charge in [-0.15, -0.1) is 0 Å². The average molecular weight is 307 g/mol. The first-order valence-corrected chi connectivity index (χ1v) is 6.72. The summed E-state index contributed by atoms with van der Waals surface area (Å²) in [6.45, 7) is 0.192. The second-order valence-electron chi connectivity index (χ2n) is 4.70. The van der Waals surface area contributed by atoms with Gasteiger partial charge in [0.15, 0.2) is 0 Å². The molecule has 6 heteroatoms. The first-order valence-electron chi connectivity index (χ1n) is 6.34. The summed E-state index contributed by atoms with van der Waals surface area (Å²) in [5, 5.41) is 9.47. The molecule has 1 aromatic heterocycles. The molecule has 2 rings (SSSR count). The predicted molar refractivity (Wildman–Crippen MR) is 79.3 cm³/mol. The van der Waals surface area contributed by atoms with Crippen molar-refractivity contribution in [1.82, 2.24) is 9.47 Å². The Morgan fingerprint density at radius 3 is 2.52 bits per heavy atom. The third kappa shape index (κ3) is 3.86. The third-order valence-corrected chi connectivity index (χ3v) is 3.29. The number of aliphatic carboxylic acids is 1. The Morgan fingerprint density at radius 1 is 1.24 bits per heavy atom. The fraction of sp³-hybridized carbons (Fsp3) is 0.200. The Labute approximate surface area is 127 Å². The minimum Gasteiger partial charge on any atom is -0.480 e. The van der Waals surface area contributed by atoms with E-state index in [1.807, 2.05) is 12.1 Å². The van der Waals surface area contributed by atoms with Gasteiger partial charge < -0.3 is 14.6 Å². The van der Waals surface area contributed by atoms with Gasteiger partial charge in [-0.05, 0) is 29.8 Å². The molecule has 1 heterocycles. The molecule has 0 spiro atoms. The Bertz CT molecular complexity index is 649. The van der Waals surface area contributed by atoms with Gasteiger partial charge in [0.05, 0.1) is 0 Å². The molecule has 0 aliphatic rings. The van der Waals surface area contributed by atoms with Gasteiger partial charge in [-0.1, -0.05) is 23.7 Å². The van der Waals surface area contributed by atoms with E-state index in [1.54, 1.807) is 37.5 Å². The van der Waals surface area contributed by atoms with E-state index >= 15 is 0 Å². The number of carboxylic acid groups (broad SMARTS) is 1. The molecule has 2 aromatic rings. The molecule has 0 radical (unpaired) electrons. The van der Waals surface area contributed by atoms with Crippen molar-refractivity contribution in [2.75, 3.05) is 7.05 Å². The van der Waals surface area contributed by atoms with E-state index in [0.717, 1.165) is 5.56 Å². The maximum atomic E-state index is 12.4. The number of carboxylic acids is 1. The van der Waals surface area contributed by atoms with E-state index < -0.39 is 5.97 Å². The van der Waals surface area contributed by atoms with Crippen LogP contribution in [0.5, 0.6) is 0 Å². The Kier molecular flexibility index (Phi) is 4.65. The molecule has 1 N–H and O–H groups in total. The normalized spacial score (nSPS) is 10.4. The highest BCUT2D eigenvalue weighted by atomic mass is 35.5. The van der Waals surface area contributed by atoms with Gasteiger partial charge in [0.25, 0.3) is 5.91 Å². The number of rotatable bonds is 5. The molecule has 0 aliphatic heterocycles. The summed E-state index contributed by atoms with van der Waals surface area (Å²) in [7, 11) is 1.68. The van der Waals surface area contributed by atoms with Gasteiger partial charge >= 0.3 is 5.97 Å². The molecule has 1 amide bonds. The number of carbonyl (C=O) groups is 2. The maximum Gasteiger partial charge on any atom is 0.323 e. The number of carbonyl (C=O) groups excluding carboxylic acids is 1. The SMILES string of the molecule is CN(Cc1ccc(Cl)cc1)C(=O)c1cccn1CC(=O)O. The molecular weight excluding hydrogens is 292 g/mol. The lowest BCUT2D eigenvalue weighted by molar-refractivity contribution is -0.137. The Hall–Kier alpha value is -2.27. The minimum atomic E-state index is -0.986. The second kappa shape index (κ2) is 6.45. The molecule has 0 saturated heterocycles. The Morgan fingerprint density at radius 2 is 1.90 bits per heavy atom. The molecule has 1 aromatic carbocycles. The summed E-state index contributed by atoms with van der Waals surface area (Å²) in [5.74, 6) is -1.21. The zero-order valence-electron chi connectivity index (χ0n) is 11.5. The van der Waals surface area contributed by atoms with E-state index in [-0.39, 0.29) is 12.5 Å². The molecule has 0 saturated carbocycles. The number of aromatic nitrogens is 1. The van der Waals surface area contributed by atoms with Crippen LogP contribution < -0.4 is 0 Å². The van der Waals surface area contributed by atoms with Crippen molar-refractivity contribution in [2.45, 2.75) is 13.1 Å². The molecule has 0 fully saturated rings. The number of hydrogen-bond acceptors (Lipinski definition) is 2. The number of nitrogens with zero attached hydrogens (tertiary/aromatic N) is 2. The summed E-state index contributed by atoms with van der Waals surface area (Å²) >= 11 is 5.82. The lowest BCUT2D eigenvalue weighted by Gasteiger charge is -2.18. The van der Waals surface area contributed by atoms with E-state index in [4.69, 9.17) is 16.7 Å². The van der Waals surface area contributed by atoms with E-state index in [0.29, 0.717) is 17.3 Å². The first kappa shape index (κ1) is 15.1. The average Bonchev–Trinajstić information content (AvgIpc) is 2.87. The molecular formula is C15H15ClN2O3. The molecule has 0 aliphatic carbocycles. The molecule has 0 atom stereocenters. The number of amides is 1. The Balaban J connectivity index is 2.10. The molecule has 5 nitrogen and oxygen atoms in total. The van der Waals surface area contributed by atoms with Crippen molar-refractivity contribution in [3.8, 4) is 0 Å². The first-order chi connectivity index (χ1) is 9.97. The van der Waals surface area contributed by atoms with Gasteiger partial charge in [0.2, 0.25) is 0 Å². The van der Waals surface area contributed by atoms with Crippen molar-refractivity contribution < 1.29 is 14.7 Å². The summed E-state index contributed by atoms with van der Waals surface area (Å²) in [6, 6.07) is 10.5. The lowest BCUT2D eigenvalue weighted by Crippen LogP contribution is -2.28. The fourth-order valence-corrected chi connectivity index (χ4v) is 2.15. The summed E-state index contributed by atoms with van der Waals surface area (Å²) < 4.78 is 1.42. The van der Waals surface area contributed by atoms with Crippen LogP contribution in [0.3, 0.4) is 0 Å². The van der Waals surface area contributed by atoms with Crippen LogP contribution in [-0.2, 0) is 17.9 Å². The van der Waals surface area contributed by atoms with Crippen LogP contribution >= 0.6 is 11.6 Å². The van der Waals surface area contributed by atoms with Gasteiger partial charge in [0.1, 0.15) is 12.2 Å². The lowest BCUT2D eigenvalue weighted by atomic mass is 10.2. The monoisotopic (exact) mass is 306 g/mol. The van der Waals surface area contributed by atoms with E-state index in [9.17, 15) is 9.59 Å². The van der Waals surface area contributed by atoms with Crippen molar-refractivity contribution in [2.24, 2.45) is 0 Å². The number of halogens is 1. The number of benzene rings is 1. The standard InChI is InChI=1S/C15H15ClN2O3/c1-17(9-11-4-6-12(16)7-5-11)15(21)13-3-2-8-18(13)10-14(19)20/h2-8H,9-10H2,1H3,(H,19,20). The van der Waals surface area contributed by atoms with Crippen LogP contribution in [0.15, 0.2) is 42.6 Å². The van der Waals surface area contributed by atoms with Crippen molar-refractivity contribution >= 4 is 23.5 Å². The predicted octanol–water partition coefficient (Wildman–Crippen LogP) is 2.50. The van der Waals surface area contributed by atoms with Crippen LogP contribution in [0.4, 0.5) is 0 Å². The highest BCUT2D eigenvalue weighted by molar-refractivity contribution is 6.30. The van der Waals surface area contributed by atoms with Gasteiger partial charge in [0, 0.05) is 24.8 Å². The van der Waals surface area contributed by atoms with Crippen LogP contribution in [-0.4, -0.2) is 33.5 Å². The maximum absolute atomic E-state index is 12.4. The van der Waals surface area contributed by atoms with Crippen molar-refractivity contribution in [3.05, 3.63) is 58.9 Å². The molecule has 110 valence electrons. The van der Waals surface area contributed by atoms with Gasteiger partial charge in [-0.3, -0.25) is 9.59 Å². The van der Waals surface area contributed by atoms with Gasteiger partial charge in [-0.2, -0.15) is 0 Å². The summed E-state index contributed by atoms with van der Waals surface area (Å²) in [4.78, 5) is 24.7. The summed E-state index contributed by atoms with van der Waals surface area (Å²) in [5.41, 5.74) is 1.31. The smallest absolute Gasteiger partial charge is 0.323 e. The molecule has 21 heavy (non-hydrogen) atoms. The fourth-order valence-electron chi connectivity index (χ4n) is 2.02. The van der Waals surface area contributed by atoms with Crippen molar-refractivity contribution in [3.63, 3.8) is 0 Å². The largest absolute Gasteiger partial charge is 0.480 e. The highest BCUT2D eigenvalue weighted by Crippen LogP contribution is 2.13. The van der Waals surface area contributed by atoms with E-state index in [1.165, 1.54) is 9.47 Å². The number of hydrogen-bond donors (Lipinski definition) is 1. The van der Waals surface area contributed by atoms with E-state index in [2.05, 4.69) is 0 Å². The second-order valence-corrected chi connectivity index (χ2v) is 5.14.